The van der Waals surface area contributed by atoms with Crippen LogP contribution in [0, 0.1) is 0 Å². The lowest BCUT2D eigenvalue weighted by Gasteiger charge is -2.20. The van der Waals surface area contributed by atoms with Gasteiger partial charge in [-0.3, -0.25) is 9.36 Å². The number of benzene rings is 1. The van der Waals surface area contributed by atoms with Crippen molar-refractivity contribution < 1.29 is 18.4 Å². The van der Waals surface area contributed by atoms with Crippen LogP contribution in [0.5, 0.6) is 0 Å². The molecule has 0 radical (unpaired) electrons. The highest BCUT2D eigenvalue weighted by Crippen LogP contribution is 2.55. The molecule has 1 rings (SSSR count). The molecule has 0 aliphatic heterocycles. The van der Waals surface area contributed by atoms with Crippen molar-refractivity contribution in [3.05, 3.63) is 35.9 Å². The van der Waals surface area contributed by atoms with Gasteiger partial charge in [0, 0.05) is 5.56 Å². The Labute approximate surface area is 112 Å². The Balaban J connectivity index is 2.93. The Kier molecular flexibility index (Phi) is 6.03. The molecule has 0 unspecified atom stereocenters. The summed E-state index contributed by atoms with van der Waals surface area (Å²) < 4.78 is 22.4. The van der Waals surface area contributed by atoms with Crippen molar-refractivity contribution in [1.29, 1.82) is 0 Å². The van der Waals surface area contributed by atoms with Crippen molar-refractivity contribution in [2.24, 2.45) is 0 Å². The van der Waals surface area contributed by atoms with Gasteiger partial charge >= 0.3 is 7.60 Å². The van der Waals surface area contributed by atoms with Gasteiger partial charge < -0.3 is 9.05 Å². The van der Waals surface area contributed by atoms with Crippen molar-refractivity contribution in [3.8, 4) is 0 Å². The van der Waals surface area contributed by atoms with E-state index in [0.717, 1.165) is 0 Å². The molecule has 0 heterocycles. The summed E-state index contributed by atoms with van der Waals surface area (Å²) in [5.41, 5.74) is 0.386. The van der Waals surface area contributed by atoms with Crippen LogP contribution >= 0.6 is 19.2 Å². The predicted octanol–water partition coefficient (Wildman–Crippen LogP) is 3.70. The first-order valence-electron chi connectivity index (χ1n) is 5.67. The van der Waals surface area contributed by atoms with E-state index < -0.39 is 18.5 Å². The molecule has 1 atom stereocenters. The first-order valence-corrected chi connectivity index (χ1v) is 7.72. The lowest BCUT2D eigenvalue weighted by Crippen LogP contribution is -2.18. The minimum Gasteiger partial charge on any atom is -0.308 e. The minimum absolute atomic E-state index is 0.169. The molecule has 0 saturated heterocycles. The number of alkyl halides is 1. The van der Waals surface area contributed by atoms with E-state index in [1.165, 1.54) is 0 Å². The second kappa shape index (κ2) is 7.05. The maximum Gasteiger partial charge on any atom is 0.356 e. The van der Waals surface area contributed by atoms with Crippen molar-refractivity contribution in [2.75, 3.05) is 13.2 Å². The Morgan fingerprint density at radius 3 is 2.17 bits per heavy atom. The zero-order valence-corrected chi connectivity index (χ0v) is 12.0. The molecular formula is C12H16ClO4P. The normalized spacial score (nSPS) is 13.3. The fraction of sp³-hybridized carbons (Fsp3) is 0.417. The monoisotopic (exact) mass is 290 g/mol. The molecule has 0 spiro atoms. The average Bonchev–Trinajstić information content (AvgIpc) is 2.38. The third-order valence-corrected chi connectivity index (χ3v) is 5.11. The summed E-state index contributed by atoms with van der Waals surface area (Å²) >= 11 is 5.97. The molecule has 18 heavy (non-hydrogen) atoms. The van der Waals surface area contributed by atoms with E-state index in [4.69, 9.17) is 20.6 Å². The van der Waals surface area contributed by atoms with E-state index in [9.17, 15) is 9.36 Å². The summed E-state index contributed by atoms with van der Waals surface area (Å²) in [5, 5.41) is -1.32. The summed E-state index contributed by atoms with van der Waals surface area (Å²) in [6, 6.07) is 8.43. The van der Waals surface area contributed by atoms with Gasteiger partial charge in [0.05, 0.1) is 13.2 Å². The Morgan fingerprint density at radius 2 is 1.72 bits per heavy atom. The van der Waals surface area contributed by atoms with Gasteiger partial charge in [-0.1, -0.05) is 30.3 Å². The van der Waals surface area contributed by atoms with Gasteiger partial charge in [-0.05, 0) is 13.8 Å². The third-order valence-electron chi connectivity index (χ3n) is 2.17. The predicted molar refractivity (Wildman–Crippen MR) is 71.3 cm³/mol. The molecule has 0 amide bonds. The van der Waals surface area contributed by atoms with Crippen LogP contribution in [0.3, 0.4) is 0 Å². The smallest absolute Gasteiger partial charge is 0.308 e. The van der Waals surface area contributed by atoms with Gasteiger partial charge in [0.2, 0.25) is 0 Å². The van der Waals surface area contributed by atoms with Crippen molar-refractivity contribution >= 4 is 25.0 Å². The topological polar surface area (TPSA) is 52.6 Å². The van der Waals surface area contributed by atoms with Crippen LogP contribution in [-0.4, -0.2) is 24.1 Å². The molecule has 0 bridgehead atoms. The molecular weight excluding hydrogens is 275 g/mol. The largest absolute Gasteiger partial charge is 0.356 e. The average molecular weight is 291 g/mol. The number of ketones is 1. The Morgan fingerprint density at radius 1 is 1.22 bits per heavy atom. The van der Waals surface area contributed by atoms with Crippen LogP contribution in [0.15, 0.2) is 30.3 Å². The Bertz CT molecular complexity index is 425. The lowest BCUT2D eigenvalue weighted by molar-refractivity contribution is 0.0992. The van der Waals surface area contributed by atoms with Gasteiger partial charge in [-0.2, -0.15) is 0 Å². The molecule has 0 aromatic heterocycles. The quantitative estimate of drug-likeness (QED) is 0.436. The number of carbonyl (C=O) groups is 1. The first kappa shape index (κ1) is 15.4. The zero-order valence-electron chi connectivity index (χ0n) is 10.3. The summed E-state index contributed by atoms with van der Waals surface area (Å²) in [5.74, 6) is -0.456. The van der Waals surface area contributed by atoms with Crippen LogP contribution in [0.4, 0.5) is 0 Å². The second-order valence-corrected chi connectivity index (χ2v) is 6.29. The minimum atomic E-state index is -3.62. The van der Waals surface area contributed by atoms with E-state index in [1.54, 1.807) is 44.2 Å². The van der Waals surface area contributed by atoms with Crippen LogP contribution in [-0.2, 0) is 13.6 Å². The highest BCUT2D eigenvalue weighted by atomic mass is 35.5. The fourth-order valence-corrected chi connectivity index (χ4v) is 3.37. The summed E-state index contributed by atoms with van der Waals surface area (Å²) in [6.45, 7) is 3.68. The van der Waals surface area contributed by atoms with E-state index in [1.807, 2.05) is 0 Å². The summed E-state index contributed by atoms with van der Waals surface area (Å²) in [4.78, 5) is 12.1. The molecule has 6 heteroatoms. The van der Waals surface area contributed by atoms with E-state index >= 15 is 0 Å². The van der Waals surface area contributed by atoms with E-state index in [2.05, 4.69) is 0 Å². The molecule has 0 saturated carbocycles. The van der Waals surface area contributed by atoms with Crippen molar-refractivity contribution in [1.82, 2.24) is 0 Å². The number of halogens is 1. The van der Waals surface area contributed by atoms with E-state index in [-0.39, 0.29) is 13.2 Å². The molecule has 0 N–H and O–H groups in total. The second-order valence-electron chi connectivity index (χ2n) is 3.44. The van der Waals surface area contributed by atoms with Gasteiger partial charge in [-0.15, -0.1) is 11.6 Å². The molecule has 0 fully saturated rings. The summed E-state index contributed by atoms with van der Waals surface area (Å²) in [6.07, 6.45) is 0. The molecule has 4 nitrogen and oxygen atoms in total. The Hall–Kier alpha value is -0.670. The molecule has 100 valence electrons. The maximum absolute atomic E-state index is 12.3. The lowest BCUT2D eigenvalue weighted by atomic mass is 10.1. The van der Waals surface area contributed by atoms with Crippen LogP contribution in [0.1, 0.15) is 24.2 Å². The maximum atomic E-state index is 12.3. The van der Waals surface area contributed by atoms with Crippen LogP contribution < -0.4 is 0 Å². The summed E-state index contributed by atoms with van der Waals surface area (Å²) in [7, 11) is -3.62. The first-order chi connectivity index (χ1) is 8.55. The number of hydrogen-bond donors (Lipinski definition) is 0. The van der Waals surface area contributed by atoms with Gasteiger partial charge in [0.25, 0.3) is 0 Å². The number of rotatable bonds is 7. The SMILES string of the molecule is CCOP(=O)(OCC)[C@@H](Cl)C(=O)c1ccccc1. The van der Waals surface area contributed by atoms with Gasteiger partial charge in [0.15, 0.2) is 10.9 Å². The number of Topliss-reactive ketones (excluding diaryl/α,β-unsaturated/α-hetero) is 1. The van der Waals surface area contributed by atoms with Gasteiger partial charge in [0.1, 0.15) is 0 Å². The van der Waals surface area contributed by atoms with Gasteiger partial charge in [-0.25, -0.2) is 0 Å². The molecule has 1 aromatic carbocycles. The molecule has 1 aromatic rings. The third kappa shape index (κ3) is 3.66. The zero-order chi connectivity index (χ0) is 13.6. The van der Waals surface area contributed by atoms with Crippen LogP contribution in [0.25, 0.3) is 0 Å². The molecule has 0 aliphatic carbocycles. The van der Waals surface area contributed by atoms with Crippen molar-refractivity contribution in [3.63, 3.8) is 0 Å². The highest BCUT2D eigenvalue weighted by molar-refractivity contribution is 7.58. The fourth-order valence-electron chi connectivity index (χ4n) is 1.41. The van der Waals surface area contributed by atoms with Crippen molar-refractivity contribution in [2.45, 2.75) is 19.0 Å². The number of carbonyl (C=O) groups excluding carboxylic acids is 1. The highest BCUT2D eigenvalue weighted by Gasteiger charge is 2.39. The molecule has 0 aliphatic rings. The standard InChI is InChI=1S/C12H16ClO4P/c1-3-16-18(15,17-4-2)12(13)11(14)10-8-6-5-7-9-10/h5-9,12H,3-4H2,1-2H3/t12-/m1/s1. The van der Waals surface area contributed by atoms with Crippen LogP contribution in [0.2, 0.25) is 0 Å². The van der Waals surface area contributed by atoms with E-state index in [0.29, 0.717) is 5.56 Å². The number of hydrogen-bond acceptors (Lipinski definition) is 4.